The molecule has 0 spiro atoms. The highest BCUT2D eigenvalue weighted by atomic mass is 16.5. The van der Waals surface area contributed by atoms with Crippen molar-refractivity contribution in [3.63, 3.8) is 0 Å². The van der Waals surface area contributed by atoms with Crippen LogP contribution >= 0.6 is 0 Å². The van der Waals surface area contributed by atoms with Crippen molar-refractivity contribution in [1.82, 2.24) is 10.6 Å². The Morgan fingerprint density at radius 1 is 1.50 bits per heavy atom. The fourth-order valence-corrected chi connectivity index (χ4v) is 2.00. The van der Waals surface area contributed by atoms with E-state index in [1.165, 1.54) is 6.42 Å². The summed E-state index contributed by atoms with van der Waals surface area (Å²) in [4.78, 5) is 11.2. The Kier molecular flexibility index (Phi) is 5.83. The number of hydrogen-bond donors (Lipinski definition) is 2. The maximum atomic E-state index is 11.2. The second-order valence-corrected chi connectivity index (χ2v) is 3.96. The van der Waals surface area contributed by atoms with Crippen molar-refractivity contribution in [2.75, 3.05) is 20.2 Å². The molecule has 1 aliphatic rings. The van der Waals surface area contributed by atoms with E-state index in [9.17, 15) is 4.79 Å². The molecule has 2 atom stereocenters. The molecule has 16 heavy (non-hydrogen) atoms. The molecule has 0 aromatic carbocycles. The van der Waals surface area contributed by atoms with Crippen LogP contribution in [0.25, 0.3) is 0 Å². The lowest BCUT2D eigenvalue weighted by molar-refractivity contribution is -0.128. The van der Waals surface area contributed by atoms with Crippen LogP contribution in [0.3, 0.4) is 0 Å². The number of hydrogen-bond acceptors (Lipinski definition) is 4. The monoisotopic (exact) mass is 225 g/mol. The van der Waals surface area contributed by atoms with Crippen LogP contribution in [0, 0.1) is 11.3 Å². The van der Waals surface area contributed by atoms with E-state index in [1.54, 1.807) is 0 Å². The summed E-state index contributed by atoms with van der Waals surface area (Å²) in [7, 11) is 1.92. The predicted octanol–water partition coefficient (Wildman–Crippen LogP) is 0.173. The number of nitrogens with one attached hydrogen (secondary N) is 2. The standard InChI is InChI=1S/C11H19N3O2/c1-13-9-4-2-3-5-10(9)16-8-11(15)14-7-6-12/h9-10,13H,2-5,7-8H2,1H3,(H,14,15). The molecule has 0 bridgehead atoms. The fourth-order valence-electron chi connectivity index (χ4n) is 2.00. The SMILES string of the molecule is CNC1CCCCC1OCC(=O)NCC#N. The van der Waals surface area contributed by atoms with Crippen molar-refractivity contribution in [2.24, 2.45) is 0 Å². The summed E-state index contributed by atoms with van der Waals surface area (Å²) < 4.78 is 5.56. The van der Waals surface area contributed by atoms with E-state index in [0.29, 0.717) is 6.04 Å². The lowest BCUT2D eigenvalue weighted by atomic mass is 9.92. The van der Waals surface area contributed by atoms with Gasteiger partial charge in [-0.3, -0.25) is 4.79 Å². The van der Waals surface area contributed by atoms with E-state index >= 15 is 0 Å². The van der Waals surface area contributed by atoms with Crippen LogP contribution in [0.4, 0.5) is 0 Å². The number of amides is 1. The van der Waals surface area contributed by atoms with Crippen molar-refractivity contribution >= 4 is 5.91 Å². The molecule has 1 amide bonds. The molecular formula is C11H19N3O2. The molecule has 1 rings (SSSR count). The van der Waals surface area contributed by atoms with Gasteiger partial charge in [-0.15, -0.1) is 0 Å². The molecule has 2 unspecified atom stereocenters. The van der Waals surface area contributed by atoms with Gasteiger partial charge in [0.15, 0.2) is 0 Å². The van der Waals surface area contributed by atoms with E-state index in [-0.39, 0.29) is 25.2 Å². The third kappa shape index (κ3) is 4.17. The minimum absolute atomic E-state index is 0.0440. The molecule has 1 fully saturated rings. The first-order chi connectivity index (χ1) is 7.77. The van der Waals surface area contributed by atoms with Gasteiger partial charge in [-0.05, 0) is 19.9 Å². The number of nitriles is 1. The van der Waals surface area contributed by atoms with E-state index in [2.05, 4.69) is 10.6 Å². The average molecular weight is 225 g/mol. The van der Waals surface area contributed by atoms with Gasteiger partial charge in [-0.1, -0.05) is 12.8 Å². The Morgan fingerprint density at radius 2 is 2.25 bits per heavy atom. The van der Waals surface area contributed by atoms with Crippen LogP contribution in [0.2, 0.25) is 0 Å². The summed E-state index contributed by atoms with van der Waals surface area (Å²) >= 11 is 0. The molecule has 0 aromatic heterocycles. The Hall–Kier alpha value is -1.12. The number of rotatable bonds is 5. The van der Waals surface area contributed by atoms with Crippen LogP contribution in [-0.4, -0.2) is 38.3 Å². The summed E-state index contributed by atoms with van der Waals surface area (Å²) in [6, 6.07) is 2.20. The highest BCUT2D eigenvalue weighted by Crippen LogP contribution is 2.20. The second-order valence-electron chi connectivity index (χ2n) is 3.96. The molecule has 0 aliphatic heterocycles. The zero-order valence-electron chi connectivity index (χ0n) is 9.66. The van der Waals surface area contributed by atoms with E-state index in [4.69, 9.17) is 10.00 Å². The molecule has 5 nitrogen and oxygen atoms in total. The Labute approximate surface area is 96.2 Å². The molecule has 1 aliphatic carbocycles. The Balaban J connectivity index is 2.24. The van der Waals surface area contributed by atoms with Crippen molar-refractivity contribution in [3.8, 4) is 6.07 Å². The molecule has 2 N–H and O–H groups in total. The first-order valence-corrected chi connectivity index (χ1v) is 5.70. The normalized spacial score (nSPS) is 24.8. The summed E-state index contributed by atoms with van der Waals surface area (Å²) in [5.41, 5.74) is 0. The van der Waals surface area contributed by atoms with Gasteiger partial charge in [0, 0.05) is 6.04 Å². The number of carbonyl (C=O) groups excluding carboxylic acids is 1. The summed E-state index contributed by atoms with van der Waals surface area (Å²) in [6.07, 6.45) is 4.58. The third-order valence-corrected chi connectivity index (χ3v) is 2.87. The molecule has 0 heterocycles. The van der Waals surface area contributed by atoms with Crippen LogP contribution in [0.15, 0.2) is 0 Å². The van der Waals surface area contributed by atoms with Crippen LogP contribution in [0.5, 0.6) is 0 Å². The van der Waals surface area contributed by atoms with Gasteiger partial charge in [0.25, 0.3) is 0 Å². The highest BCUT2D eigenvalue weighted by Gasteiger charge is 2.24. The fraction of sp³-hybridized carbons (Fsp3) is 0.818. The van der Waals surface area contributed by atoms with E-state index in [0.717, 1.165) is 19.3 Å². The smallest absolute Gasteiger partial charge is 0.246 e. The van der Waals surface area contributed by atoms with E-state index in [1.807, 2.05) is 13.1 Å². The quantitative estimate of drug-likeness (QED) is 0.654. The van der Waals surface area contributed by atoms with Crippen molar-refractivity contribution in [3.05, 3.63) is 0 Å². The van der Waals surface area contributed by atoms with Crippen molar-refractivity contribution in [1.29, 1.82) is 5.26 Å². The largest absolute Gasteiger partial charge is 0.367 e. The molecule has 0 radical (unpaired) electrons. The predicted molar refractivity (Wildman–Crippen MR) is 59.7 cm³/mol. The minimum atomic E-state index is -0.220. The van der Waals surface area contributed by atoms with Crippen LogP contribution in [-0.2, 0) is 9.53 Å². The highest BCUT2D eigenvalue weighted by molar-refractivity contribution is 5.77. The lowest BCUT2D eigenvalue weighted by Crippen LogP contribution is -2.43. The second kappa shape index (κ2) is 7.20. The van der Waals surface area contributed by atoms with Crippen molar-refractivity contribution in [2.45, 2.75) is 37.8 Å². The third-order valence-electron chi connectivity index (χ3n) is 2.87. The first kappa shape index (κ1) is 12.9. The zero-order valence-corrected chi connectivity index (χ0v) is 9.66. The molecule has 5 heteroatoms. The number of ether oxygens (including phenoxy) is 1. The van der Waals surface area contributed by atoms with Gasteiger partial charge in [0.1, 0.15) is 13.2 Å². The summed E-state index contributed by atoms with van der Waals surface area (Å²) in [5, 5.41) is 14.0. The van der Waals surface area contributed by atoms with Gasteiger partial charge in [-0.25, -0.2) is 0 Å². The zero-order chi connectivity index (χ0) is 11.8. The Bertz CT molecular complexity index is 262. The topological polar surface area (TPSA) is 74.2 Å². The number of nitrogens with zero attached hydrogens (tertiary/aromatic N) is 1. The van der Waals surface area contributed by atoms with Crippen LogP contribution in [0.1, 0.15) is 25.7 Å². The molecular weight excluding hydrogens is 206 g/mol. The molecule has 0 aromatic rings. The van der Waals surface area contributed by atoms with Gasteiger partial charge in [-0.2, -0.15) is 5.26 Å². The van der Waals surface area contributed by atoms with Gasteiger partial charge < -0.3 is 15.4 Å². The maximum absolute atomic E-state index is 11.2. The average Bonchev–Trinajstić information content (AvgIpc) is 2.34. The summed E-state index contributed by atoms with van der Waals surface area (Å²) in [5.74, 6) is -0.220. The maximum Gasteiger partial charge on any atom is 0.246 e. The summed E-state index contributed by atoms with van der Waals surface area (Å²) in [6.45, 7) is 0.0901. The van der Waals surface area contributed by atoms with Crippen LogP contribution < -0.4 is 10.6 Å². The molecule has 90 valence electrons. The first-order valence-electron chi connectivity index (χ1n) is 5.70. The minimum Gasteiger partial charge on any atom is -0.367 e. The molecule has 0 saturated heterocycles. The van der Waals surface area contributed by atoms with Gasteiger partial charge >= 0.3 is 0 Å². The van der Waals surface area contributed by atoms with Crippen molar-refractivity contribution < 1.29 is 9.53 Å². The Morgan fingerprint density at radius 3 is 2.94 bits per heavy atom. The molecule has 1 saturated carbocycles. The number of carbonyl (C=O) groups is 1. The lowest BCUT2D eigenvalue weighted by Gasteiger charge is -2.30. The van der Waals surface area contributed by atoms with E-state index < -0.39 is 0 Å². The van der Waals surface area contributed by atoms with Gasteiger partial charge in [0.2, 0.25) is 5.91 Å². The van der Waals surface area contributed by atoms with Gasteiger partial charge in [0.05, 0.1) is 12.2 Å². The number of likely N-dealkylation sites (N-methyl/N-ethyl adjacent to an activating group) is 1.